The Morgan fingerprint density at radius 1 is 0.778 bits per heavy atom. The van der Waals surface area contributed by atoms with Gasteiger partial charge in [-0.2, -0.15) is 0 Å². The summed E-state index contributed by atoms with van der Waals surface area (Å²) in [5, 5.41) is 0. The van der Waals surface area contributed by atoms with Crippen LogP contribution in [0.3, 0.4) is 0 Å². The third-order valence-electron chi connectivity index (χ3n) is 8.34. The standard InChI is InChI=1S/C18H16/c1-2-6-10-9(5-1)13-11-12-14(10)18-8-4-3-7-17(13,18)15(11)16(12)18/h1-6,11-16H,7-8H2. The summed E-state index contributed by atoms with van der Waals surface area (Å²) in [7, 11) is 0. The first-order valence-corrected chi connectivity index (χ1v) is 7.67. The molecule has 1 aromatic rings. The van der Waals surface area contributed by atoms with E-state index in [1.54, 1.807) is 11.1 Å². The molecule has 0 aromatic heterocycles. The van der Waals surface area contributed by atoms with Crippen LogP contribution in [-0.2, 0) is 0 Å². The van der Waals surface area contributed by atoms with Crippen LogP contribution in [0.25, 0.3) is 0 Å². The Morgan fingerprint density at radius 3 is 1.78 bits per heavy atom. The van der Waals surface area contributed by atoms with Crippen LogP contribution in [0.4, 0.5) is 0 Å². The SMILES string of the molecule is C1=CCC23C4c5ccccc5C5C6C4C2C6C53C1. The minimum atomic E-state index is 0.755. The van der Waals surface area contributed by atoms with Gasteiger partial charge in [0.1, 0.15) is 0 Å². The van der Waals surface area contributed by atoms with Crippen molar-refractivity contribution >= 4 is 0 Å². The minimum Gasteiger partial charge on any atom is -0.0879 e. The van der Waals surface area contributed by atoms with Crippen LogP contribution in [-0.4, -0.2) is 0 Å². The zero-order valence-corrected chi connectivity index (χ0v) is 10.3. The van der Waals surface area contributed by atoms with Crippen LogP contribution in [0.1, 0.15) is 35.8 Å². The third kappa shape index (κ3) is 0.414. The molecule has 8 unspecified atom stereocenters. The second kappa shape index (κ2) is 1.94. The third-order valence-corrected chi connectivity index (χ3v) is 8.34. The molecular weight excluding hydrogens is 216 g/mol. The second-order valence-electron chi connectivity index (χ2n) is 7.75. The Labute approximate surface area is 107 Å². The van der Waals surface area contributed by atoms with E-state index >= 15 is 0 Å². The fraction of sp³-hybridized carbons (Fsp3) is 0.556. The Morgan fingerprint density at radius 2 is 1.28 bits per heavy atom. The van der Waals surface area contributed by atoms with Gasteiger partial charge in [-0.25, -0.2) is 0 Å². The highest BCUT2D eigenvalue weighted by molar-refractivity contribution is 5.62. The number of hydrogen-bond acceptors (Lipinski definition) is 0. The first kappa shape index (κ1) is 8.19. The van der Waals surface area contributed by atoms with Gasteiger partial charge >= 0.3 is 0 Å². The van der Waals surface area contributed by atoms with E-state index in [1.165, 1.54) is 12.8 Å². The summed E-state index contributed by atoms with van der Waals surface area (Å²) in [6.07, 6.45) is 7.85. The van der Waals surface area contributed by atoms with Crippen molar-refractivity contribution in [3.63, 3.8) is 0 Å². The molecule has 2 spiro atoms. The van der Waals surface area contributed by atoms with Gasteiger partial charge in [-0.3, -0.25) is 0 Å². The predicted molar refractivity (Wildman–Crippen MR) is 69.1 cm³/mol. The lowest BCUT2D eigenvalue weighted by molar-refractivity contribution is -0.516. The van der Waals surface area contributed by atoms with Gasteiger partial charge in [-0.15, -0.1) is 0 Å². The molecule has 7 aliphatic carbocycles. The number of rotatable bonds is 0. The lowest BCUT2D eigenvalue weighted by Crippen LogP contribution is -2.98. The molecule has 0 nitrogen and oxygen atoms in total. The van der Waals surface area contributed by atoms with Gasteiger partial charge in [-0.1, -0.05) is 36.4 Å². The van der Waals surface area contributed by atoms with Crippen molar-refractivity contribution in [2.45, 2.75) is 24.7 Å². The molecule has 0 radical (unpaired) electrons. The Bertz CT molecular complexity index is 613. The summed E-state index contributed by atoms with van der Waals surface area (Å²) in [6, 6.07) is 9.48. The molecule has 0 heterocycles. The molecule has 4 fully saturated rings. The Balaban J connectivity index is 1.63. The molecule has 0 N–H and O–H groups in total. The summed E-state index contributed by atoms with van der Waals surface area (Å²) < 4.78 is 0. The van der Waals surface area contributed by atoms with Crippen molar-refractivity contribution in [1.82, 2.24) is 0 Å². The normalized spacial score (nSPS) is 65.6. The maximum Gasteiger partial charge on any atom is -0.00566 e. The summed E-state index contributed by atoms with van der Waals surface area (Å²) in [5.74, 6) is 6.46. The van der Waals surface area contributed by atoms with E-state index in [2.05, 4.69) is 36.4 Å². The van der Waals surface area contributed by atoms with Crippen molar-refractivity contribution in [2.75, 3.05) is 0 Å². The predicted octanol–water partition coefficient (Wildman–Crippen LogP) is 3.71. The molecule has 0 saturated heterocycles. The van der Waals surface area contributed by atoms with Gasteiger partial charge in [0, 0.05) is 0 Å². The average Bonchev–Trinajstić information content (AvgIpc) is 2.40. The van der Waals surface area contributed by atoms with Crippen LogP contribution in [0.2, 0.25) is 0 Å². The second-order valence-corrected chi connectivity index (χ2v) is 7.75. The number of hydrogen-bond donors (Lipinski definition) is 0. The lowest BCUT2D eigenvalue weighted by Gasteiger charge is -3.03. The maximum absolute atomic E-state index is 2.52. The molecule has 8 rings (SSSR count). The summed E-state index contributed by atoms with van der Waals surface area (Å²) >= 11 is 0. The first-order valence-electron chi connectivity index (χ1n) is 7.67. The van der Waals surface area contributed by atoms with Crippen molar-refractivity contribution in [3.05, 3.63) is 47.5 Å². The molecule has 0 heteroatoms. The highest BCUT2D eigenvalue weighted by Crippen LogP contribution is 3.05. The topological polar surface area (TPSA) is 0 Å². The van der Waals surface area contributed by atoms with E-state index in [1.807, 2.05) is 0 Å². The van der Waals surface area contributed by atoms with Crippen molar-refractivity contribution in [1.29, 1.82) is 0 Å². The van der Waals surface area contributed by atoms with Crippen molar-refractivity contribution in [2.24, 2.45) is 34.5 Å². The molecule has 18 heavy (non-hydrogen) atoms. The molecule has 1 aromatic carbocycles. The van der Waals surface area contributed by atoms with Crippen molar-refractivity contribution in [3.8, 4) is 0 Å². The van der Waals surface area contributed by atoms with E-state index in [-0.39, 0.29) is 0 Å². The molecule has 0 aliphatic heterocycles. The average molecular weight is 232 g/mol. The smallest absolute Gasteiger partial charge is 0.00566 e. The van der Waals surface area contributed by atoms with Gasteiger partial charge in [0.2, 0.25) is 0 Å². The largest absolute Gasteiger partial charge is 0.0879 e. The van der Waals surface area contributed by atoms with E-state index in [0.717, 1.165) is 46.3 Å². The molecule has 8 atom stereocenters. The molecular formula is C18H16. The van der Waals surface area contributed by atoms with E-state index in [9.17, 15) is 0 Å². The van der Waals surface area contributed by atoms with Crippen LogP contribution in [0, 0.1) is 34.5 Å². The van der Waals surface area contributed by atoms with E-state index in [0.29, 0.717) is 0 Å². The van der Waals surface area contributed by atoms with Crippen molar-refractivity contribution < 1.29 is 0 Å². The molecule has 4 saturated carbocycles. The maximum atomic E-state index is 2.52. The number of benzene rings is 1. The Kier molecular flexibility index (Phi) is 0.881. The summed E-state index contributed by atoms with van der Waals surface area (Å²) in [6.45, 7) is 0. The fourth-order valence-corrected chi connectivity index (χ4v) is 8.48. The van der Waals surface area contributed by atoms with Crippen LogP contribution in [0.15, 0.2) is 36.4 Å². The highest BCUT2D eigenvalue weighted by atomic mass is 15.0. The Hall–Kier alpha value is -1.04. The molecule has 2 bridgehead atoms. The van der Waals surface area contributed by atoms with E-state index in [4.69, 9.17) is 0 Å². The molecule has 7 aliphatic rings. The van der Waals surface area contributed by atoms with Crippen LogP contribution < -0.4 is 0 Å². The lowest BCUT2D eigenvalue weighted by atomic mass is 9.00. The number of allylic oxidation sites excluding steroid dienone is 2. The monoisotopic (exact) mass is 232 g/mol. The first-order chi connectivity index (χ1) is 8.93. The summed E-state index contributed by atoms with van der Waals surface area (Å²) in [5.41, 5.74) is 5.04. The van der Waals surface area contributed by atoms with Gasteiger partial charge in [0.25, 0.3) is 0 Å². The zero-order valence-electron chi connectivity index (χ0n) is 10.3. The van der Waals surface area contributed by atoms with Gasteiger partial charge < -0.3 is 0 Å². The summed E-state index contributed by atoms with van der Waals surface area (Å²) in [4.78, 5) is 0. The van der Waals surface area contributed by atoms with Gasteiger partial charge in [-0.05, 0) is 70.3 Å². The van der Waals surface area contributed by atoms with Crippen LogP contribution >= 0.6 is 0 Å². The molecule has 88 valence electrons. The van der Waals surface area contributed by atoms with E-state index < -0.39 is 0 Å². The molecule has 0 amide bonds. The van der Waals surface area contributed by atoms with Gasteiger partial charge in [0.15, 0.2) is 0 Å². The fourth-order valence-electron chi connectivity index (χ4n) is 8.48. The van der Waals surface area contributed by atoms with Crippen LogP contribution in [0.5, 0.6) is 0 Å². The van der Waals surface area contributed by atoms with Gasteiger partial charge in [0.05, 0.1) is 0 Å². The highest BCUT2D eigenvalue weighted by Gasteiger charge is 3.00. The quantitative estimate of drug-likeness (QED) is 0.598. The zero-order chi connectivity index (χ0) is 11.3. The minimum absolute atomic E-state index is 0.755.